The normalized spacial score (nSPS) is 20.1. The highest BCUT2D eigenvalue weighted by atomic mass is 16.5. The van der Waals surface area contributed by atoms with Gasteiger partial charge in [0.2, 0.25) is 0 Å². The monoisotopic (exact) mass is 263 g/mol. The molecule has 1 N–H and O–H groups in total. The van der Waals surface area contributed by atoms with Gasteiger partial charge in [-0.1, -0.05) is 25.1 Å². The second kappa shape index (κ2) is 6.40. The number of hydrogen-bond acceptors (Lipinski definition) is 3. The summed E-state index contributed by atoms with van der Waals surface area (Å²) in [6.07, 6.45) is 2.12. The van der Waals surface area contributed by atoms with Gasteiger partial charge < -0.3 is 14.8 Å². The fourth-order valence-corrected chi connectivity index (χ4v) is 2.55. The Morgan fingerprint density at radius 3 is 2.84 bits per heavy atom. The molecule has 3 nitrogen and oxygen atoms in total. The first-order valence-electron chi connectivity index (χ1n) is 7.24. The molecule has 106 valence electrons. The molecule has 0 saturated carbocycles. The van der Waals surface area contributed by atoms with Gasteiger partial charge in [0.1, 0.15) is 11.4 Å². The van der Waals surface area contributed by atoms with Gasteiger partial charge in [0.25, 0.3) is 0 Å². The Bertz CT molecular complexity index is 403. The van der Waals surface area contributed by atoms with Crippen LogP contribution in [-0.2, 0) is 4.74 Å². The summed E-state index contributed by atoms with van der Waals surface area (Å²) in [4.78, 5) is 0. The van der Waals surface area contributed by atoms with E-state index in [0.29, 0.717) is 0 Å². The van der Waals surface area contributed by atoms with Crippen LogP contribution in [0.2, 0.25) is 0 Å². The third kappa shape index (κ3) is 3.48. The lowest BCUT2D eigenvalue weighted by molar-refractivity contribution is 0.0923. The van der Waals surface area contributed by atoms with Crippen molar-refractivity contribution in [3.8, 4) is 5.75 Å². The van der Waals surface area contributed by atoms with Crippen LogP contribution < -0.4 is 10.1 Å². The second-order valence-electron chi connectivity index (χ2n) is 5.60. The first-order valence-corrected chi connectivity index (χ1v) is 7.24. The molecule has 1 aromatic carbocycles. The minimum Gasteiger partial charge on any atom is -0.486 e. The summed E-state index contributed by atoms with van der Waals surface area (Å²) in [5, 5.41) is 3.60. The molecule has 0 bridgehead atoms. The Hall–Kier alpha value is -1.06. The number of rotatable bonds is 7. The molecule has 0 radical (unpaired) electrons. The van der Waals surface area contributed by atoms with Crippen molar-refractivity contribution in [3.63, 3.8) is 0 Å². The second-order valence-corrected chi connectivity index (χ2v) is 5.60. The molecule has 0 fully saturated rings. The van der Waals surface area contributed by atoms with Gasteiger partial charge in [-0.15, -0.1) is 0 Å². The Labute approximate surface area is 116 Å². The van der Waals surface area contributed by atoms with Gasteiger partial charge in [-0.05, 0) is 39.3 Å². The lowest BCUT2D eigenvalue weighted by Gasteiger charge is -2.27. The van der Waals surface area contributed by atoms with Crippen molar-refractivity contribution in [1.29, 1.82) is 0 Å². The molecule has 0 spiro atoms. The fraction of sp³-hybridized carbons (Fsp3) is 0.625. The van der Waals surface area contributed by atoms with E-state index in [1.807, 2.05) is 12.1 Å². The Morgan fingerprint density at radius 2 is 2.05 bits per heavy atom. The Balaban J connectivity index is 1.85. The van der Waals surface area contributed by atoms with Gasteiger partial charge in [0, 0.05) is 18.8 Å². The minimum atomic E-state index is -0.187. The number of hydrogen-bond donors (Lipinski definition) is 1. The van der Waals surface area contributed by atoms with Gasteiger partial charge in [0.15, 0.2) is 0 Å². The molecule has 1 unspecified atom stereocenters. The zero-order chi connectivity index (χ0) is 13.7. The van der Waals surface area contributed by atoms with Crippen LogP contribution in [0.1, 0.15) is 45.2 Å². The predicted octanol–water partition coefficient (Wildman–Crippen LogP) is 3.31. The largest absolute Gasteiger partial charge is 0.486 e. The van der Waals surface area contributed by atoms with Crippen LogP contribution in [0.25, 0.3) is 0 Å². The molecular weight excluding hydrogens is 238 g/mol. The zero-order valence-electron chi connectivity index (χ0n) is 12.2. The fourth-order valence-electron chi connectivity index (χ4n) is 2.55. The maximum atomic E-state index is 6.01. The molecule has 1 heterocycles. The van der Waals surface area contributed by atoms with Crippen molar-refractivity contribution in [3.05, 3.63) is 29.8 Å². The molecule has 0 aliphatic carbocycles. The molecule has 0 saturated heterocycles. The standard InChI is InChI=1S/C16H25NO2/c1-4-11-18-12-7-10-17-15-13-8-5-6-9-14(13)19-16(15,2)3/h5-6,8-9,15,17H,4,7,10-12H2,1-3H3. The third-order valence-electron chi connectivity index (χ3n) is 3.46. The highest BCUT2D eigenvalue weighted by Crippen LogP contribution is 2.42. The van der Waals surface area contributed by atoms with Crippen molar-refractivity contribution >= 4 is 0 Å². The molecule has 1 aliphatic heterocycles. The smallest absolute Gasteiger partial charge is 0.125 e. The van der Waals surface area contributed by atoms with Crippen LogP contribution in [0.5, 0.6) is 5.75 Å². The first kappa shape index (κ1) is 14.4. The summed E-state index contributed by atoms with van der Waals surface area (Å²) >= 11 is 0. The maximum absolute atomic E-state index is 6.01. The number of benzene rings is 1. The summed E-state index contributed by atoms with van der Waals surface area (Å²) in [5.74, 6) is 1.01. The Morgan fingerprint density at radius 1 is 1.26 bits per heavy atom. The van der Waals surface area contributed by atoms with Crippen molar-refractivity contribution in [2.24, 2.45) is 0 Å². The minimum absolute atomic E-state index is 0.187. The number of ether oxygens (including phenoxy) is 2. The van der Waals surface area contributed by atoms with E-state index in [1.165, 1.54) is 5.56 Å². The molecule has 2 rings (SSSR count). The third-order valence-corrected chi connectivity index (χ3v) is 3.46. The molecule has 1 aromatic rings. The summed E-state index contributed by atoms with van der Waals surface area (Å²) in [6.45, 7) is 9.05. The summed E-state index contributed by atoms with van der Waals surface area (Å²) in [5.41, 5.74) is 1.08. The summed E-state index contributed by atoms with van der Waals surface area (Å²) in [7, 11) is 0. The van der Waals surface area contributed by atoms with Crippen molar-refractivity contribution < 1.29 is 9.47 Å². The van der Waals surface area contributed by atoms with Crippen LogP contribution >= 0.6 is 0 Å². The molecule has 1 aliphatic rings. The van der Waals surface area contributed by atoms with E-state index >= 15 is 0 Å². The zero-order valence-corrected chi connectivity index (χ0v) is 12.2. The van der Waals surface area contributed by atoms with Gasteiger partial charge in [-0.2, -0.15) is 0 Å². The van der Waals surface area contributed by atoms with Crippen molar-refractivity contribution in [2.45, 2.75) is 45.3 Å². The average Bonchev–Trinajstić information content (AvgIpc) is 2.64. The molecular formula is C16H25NO2. The SMILES string of the molecule is CCCOCCCNC1c2ccccc2OC1(C)C. The predicted molar refractivity (Wildman–Crippen MR) is 77.6 cm³/mol. The van der Waals surface area contributed by atoms with Crippen LogP contribution in [0.15, 0.2) is 24.3 Å². The van der Waals surface area contributed by atoms with E-state index < -0.39 is 0 Å². The van der Waals surface area contributed by atoms with Crippen LogP contribution in [0, 0.1) is 0 Å². The lowest BCUT2D eigenvalue weighted by Crippen LogP contribution is -2.39. The van der Waals surface area contributed by atoms with Gasteiger partial charge in [0.05, 0.1) is 6.04 Å². The highest BCUT2D eigenvalue weighted by molar-refractivity contribution is 5.42. The first-order chi connectivity index (χ1) is 9.15. The quantitative estimate of drug-likeness (QED) is 0.766. The average molecular weight is 263 g/mol. The van der Waals surface area contributed by atoms with E-state index in [1.54, 1.807) is 0 Å². The highest BCUT2D eigenvalue weighted by Gasteiger charge is 2.40. The molecule has 19 heavy (non-hydrogen) atoms. The van der Waals surface area contributed by atoms with E-state index in [0.717, 1.165) is 38.3 Å². The van der Waals surface area contributed by atoms with E-state index in [4.69, 9.17) is 9.47 Å². The van der Waals surface area contributed by atoms with Gasteiger partial charge >= 0.3 is 0 Å². The van der Waals surface area contributed by atoms with Crippen LogP contribution in [-0.4, -0.2) is 25.4 Å². The molecule has 0 amide bonds. The van der Waals surface area contributed by atoms with E-state index in [-0.39, 0.29) is 11.6 Å². The van der Waals surface area contributed by atoms with Crippen molar-refractivity contribution in [1.82, 2.24) is 5.32 Å². The topological polar surface area (TPSA) is 30.5 Å². The maximum Gasteiger partial charge on any atom is 0.125 e. The van der Waals surface area contributed by atoms with E-state index in [2.05, 4.69) is 38.2 Å². The molecule has 1 atom stereocenters. The van der Waals surface area contributed by atoms with Crippen LogP contribution in [0.3, 0.4) is 0 Å². The number of para-hydroxylation sites is 1. The van der Waals surface area contributed by atoms with E-state index in [9.17, 15) is 0 Å². The lowest BCUT2D eigenvalue weighted by atomic mass is 9.94. The number of nitrogens with one attached hydrogen (secondary N) is 1. The Kier molecular flexibility index (Phi) is 4.83. The molecule has 0 aromatic heterocycles. The number of fused-ring (bicyclic) bond motifs is 1. The summed E-state index contributed by atoms with van der Waals surface area (Å²) < 4.78 is 11.5. The summed E-state index contributed by atoms with van der Waals surface area (Å²) in [6, 6.07) is 8.55. The van der Waals surface area contributed by atoms with Crippen LogP contribution in [0.4, 0.5) is 0 Å². The van der Waals surface area contributed by atoms with Crippen molar-refractivity contribution in [2.75, 3.05) is 19.8 Å². The van der Waals surface area contributed by atoms with Gasteiger partial charge in [-0.25, -0.2) is 0 Å². The van der Waals surface area contributed by atoms with Gasteiger partial charge in [-0.3, -0.25) is 0 Å². The molecule has 3 heteroatoms.